The minimum Gasteiger partial charge on any atom is -0.352 e. The smallest absolute Gasteiger partial charge is 0.251 e. The molecule has 2 aliphatic rings. The zero-order chi connectivity index (χ0) is 18.1. The van der Waals surface area contributed by atoms with Crippen molar-refractivity contribution in [2.24, 2.45) is 5.92 Å². The summed E-state index contributed by atoms with van der Waals surface area (Å²) in [7, 11) is 0. The SMILES string of the molecule is CC(C)n1ccc2cc(C(=O)NC[C@@H]3CCCN4CCCC[C@@H]34)ccc21. The number of nitrogens with zero attached hydrogens (tertiary/aromatic N) is 2. The number of hydrogen-bond acceptors (Lipinski definition) is 2. The Morgan fingerprint density at radius 3 is 2.85 bits per heavy atom. The summed E-state index contributed by atoms with van der Waals surface area (Å²) in [6.45, 7) is 7.67. The molecule has 0 bridgehead atoms. The van der Waals surface area contributed by atoms with Gasteiger partial charge in [0.25, 0.3) is 5.91 Å². The highest BCUT2D eigenvalue weighted by Gasteiger charge is 2.32. The quantitative estimate of drug-likeness (QED) is 0.894. The summed E-state index contributed by atoms with van der Waals surface area (Å²) in [4.78, 5) is 15.4. The Labute approximate surface area is 156 Å². The maximum Gasteiger partial charge on any atom is 0.251 e. The molecule has 2 saturated heterocycles. The standard InChI is InChI=1S/C22H31N3O/c1-16(2)25-13-10-17-14-18(8-9-21(17)25)22(26)23-15-19-6-5-12-24-11-4-3-7-20(19)24/h8-10,13-14,16,19-20H,3-7,11-12,15H2,1-2H3,(H,23,26)/t19-,20-/m0/s1. The van der Waals surface area contributed by atoms with Crippen LogP contribution < -0.4 is 5.32 Å². The molecule has 1 N–H and O–H groups in total. The topological polar surface area (TPSA) is 37.3 Å². The molecule has 2 aromatic rings. The number of carbonyl (C=O) groups excluding carboxylic acids is 1. The van der Waals surface area contributed by atoms with Gasteiger partial charge in [-0.15, -0.1) is 0 Å². The monoisotopic (exact) mass is 353 g/mol. The Hall–Kier alpha value is -1.81. The van der Waals surface area contributed by atoms with Crippen LogP contribution in [0.5, 0.6) is 0 Å². The van der Waals surface area contributed by atoms with Crippen molar-refractivity contribution in [3.05, 3.63) is 36.0 Å². The lowest BCUT2D eigenvalue weighted by atomic mass is 9.83. The van der Waals surface area contributed by atoms with Crippen molar-refractivity contribution >= 4 is 16.8 Å². The van der Waals surface area contributed by atoms with Crippen LogP contribution in [-0.2, 0) is 0 Å². The zero-order valence-corrected chi connectivity index (χ0v) is 16.1. The van der Waals surface area contributed by atoms with Gasteiger partial charge in [-0.05, 0) is 82.8 Å². The van der Waals surface area contributed by atoms with E-state index in [0.29, 0.717) is 18.0 Å². The van der Waals surface area contributed by atoms with Crippen molar-refractivity contribution in [3.8, 4) is 0 Å². The first-order chi connectivity index (χ1) is 12.6. The number of aromatic nitrogens is 1. The summed E-state index contributed by atoms with van der Waals surface area (Å²) in [6, 6.07) is 9.28. The number of hydrogen-bond donors (Lipinski definition) is 1. The van der Waals surface area contributed by atoms with E-state index in [1.165, 1.54) is 50.7 Å². The first kappa shape index (κ1) is 17.6. The third-order valence-corrected chi connectivity index (χ3v) is 6.29. The Balaban J connectivity index is 1.42. The maximum absolute atomic E-state index is 12.7. The van der Waals surface area contributed by atoms with E-state index in [9.17, 15) is 4.79 Å². The lowest BCUT2D eigenvalue weighted by Crippen LogP contribution is -2.51. The van der Waals surface area contributed by atoms with Crippen LogP contribution in [0.25, 0.3) is 10.9 Å². The number of piperidine rings is 2. The lowest BCUT2D eigenvalue weighted by molar-refractivity contribution is 0.0575. The molecule has 4 rings (SSSR count). The Kier molecular flexibility index (Phi) is 5.03. The second kappa shape index (κ2) is 7.43. The van der Waals surface area contributed by atoms with E-state index in [0.717, 1.165) is 17.5 Å². The van der Waals surface area contributed by atoms with Crippen molar-refractivity contribution in [1.29, 1.82) is 0 Å². The number of nitrogens with one attached hydrogen (secondary N) is 1. The van der Waals surface area contributed by atoms with Crippen LogP contribution in [0.1, 0.15) is 62.4 Å². The molecule has 1 amide bonds. The van der Waals surface area contributed by atoms with Gasteiger partial charge in [-0.2, -0.15) is 0 Å². The molecule has 140 valence electrons. The highest BCUT2D eigenvalue weighted by atomic mass is 16.1. The van der Waals surface area contributed by atoms with E-state index in [1.807, 2.05) is 12.1 Å². The fraction of sp³-hybridized carbons (Fsp3) is 0.591. The van der Waals surface area contributed by atoms with Gasteiger partial charge in [0.05, 0.1) is 0 Å². The summed E-state index contributed by atoms with van der Waals surface area (Å²) in [5.74, 6) is 0.677. The van der Waals surface area contributed by atoms with E-state index in [2.05, 4.69) is 47.0 Å². The van der Waals surface area contributed by atoms with Crippen LogP contribution in [0.4, 0.5) is 0 Å². The molecule has 0 unspecified atom stereocenters. The molecule has 2 atom stereocenters. The average Bonchev–Trinajstić information content (AvgIpc) is 3.09. The van der Waals surface area contributed by atoms with Gasteiger partial charge in [-0.3, -0.25) is 4.79 Å². The maximum atomic E-state index is 12.7. The first-order valence-corrected chi connectivity index (χ1v) is 10.3. The van der Waals surface area contributed by atoms with Crippen molar-refractivity contribution in [3.63, 3.8) is 0 Å². The van der Waals surface area contributed by atoms with E-state index in [1.54, 1.807) is 0 Å². The molecule has 1 aromatic heterocycles. The van der Waals surface area contributed by atoms with Gasteiger partial charge < -0.3 is 14.8 Å². The molecular formula is C22H31N3O. The summed E-state index contributed by atoms with van der Waals surface area (Å²) < 4.78 is 2.25. The number of carbonyl (C=O) groups is 1. The summed E-state index contributed by atoms with van der Waals surface area (Å²) in [5.41, 5.74) is 1.97. The highest BCUT2D eigenvalue weighted by molar-refractivity contribution is 5.98. The van der Waals surface area contributed by atoms with Crippen LogP contribution in [0, 0.1) is 5.92 Å². The second-order valence-corrected chi connectivity index (χ2v) is 8.30. The van der Waals surface area contributed by atoms with Gasteiger partial charge in [0.2, 0.25) is 0 Å². The average molecular weight is 354 g/mol. The first-order valence-electron chi connectivity index (χ1n) is 10.3. The third kappa shape index (κ3) is 3.39. The van der Waals surface area contributed by atoms with E-state index < -0.39 is 0 Å². The normalized spacial score (nSPS) is 24.0. The van der Waals surface area contributed by atoms with Crippen molar-refractivity contribution < 1.29 is 4.79 Å². The predicted octanol–water partition coefficient (Wildman–Crippen LogP) is 4.22. The van der Waals surface area contributed by atoms with Crippen LogP contribution in [0.2, 0.25) is 0 Å². The molecule has 0 saturated carbocycles. The van der Waals surface area contributed by atoms with E-state index in [4.69, 9.17) is 0 Å². The van der Waals surface area contributed by atoms with E-state index >= 15 is 0 Å². The third-order valence-electron chi connectivity index (χ3n) is 6.29. The van der Waals surface area contributed by atoms with Crippen molar-refractivity contribution in [1.82, 2.24) is 14.8 Å². The number of amides is 1. The van der Waals surface area contributed by atoms with Crippen LogP contribution >= 0.6 is 0 Å². The summed E-state index contributed by atoms with van der Waals surface area (Å²) in [6.07, 6.45) is 8.61. The Morgan fingerprint density at radius 1 is 1.15 bits per heavy atom. The Morgan fingerprint density at radius 2 is 2.00 bits per heavy atom. The van der Waals surface area contributed by atoms with E-state index in [-0.39, 0.29) is 5.91 Å². The predicted molar refractivity (Wildman–Crippen MR) is 107 cm³/mol. The highest BCUT2D eigenvalue weighted by Crippen LogP contribution is 2.30. The van der Waals surface area contributed by atoms with Crippen molar-refractivity contribution in [2.75, 3.05) is 19.6 Å². The molecule has 2 aliphatic heterocycles. The number of benzene rings is 1. The molecule has 26 heavy (non-hydrogen) atoms. The number of rotatable bonds is 4. The molecule has 4 nitrogen and oxygen atoms in total. The van der Waals surface area contributed by atoms with Gasteiger partial charge in [-0.25, -0.2) is 0 Å². The second-order valence-electron chi connectivity index (χ2n) is 8.30. The number of fused-ring (bicyclic) bond motifs is 2. The van der Waals surface area contributed by atoms with Gasteiger partial charge in [0.1, 0.15) is 0 Å². The lowest BCUT2D eigenvalue weighted by Gasteiger charge is -2.44. The minimum atomic E-state index is 0.0668. The molecular weight excluding hydrogens is 322 g/mol. The molecule has 0 aliphatic carbocycles. The van der Waals surface area contributed by atoms with Gasteiger partial charge in [0, 0.05) is 41.3 Å². The fourth-order valence-electron chi connectivity index (χ4n) is 4.90. The fourth-order valence-corrected chi connectivity index (χ4v) is 4.90. The van der Waals surface area contributed by atoms with Crippen LogP contribution in [-0.4, -0.2) is 41.1 Å². The molecule has 0 radical (unpaired) electrons. The Bertz CT molecular complexity index is 777. The van der Waals surface area contributed by atoms with Crippen molar-refractivity contribution in [2.45, 2.75) is 58.0 Å². The molecule has 3 heterocycles. The van der Waals surface area contributed by atoms with Gasteiger partial charge in [0.15, 0.2) is 0 Å². The minimum absolute atomic E-state index is 0.0668. The zero-order valence-electron chi connectivity index (χ0n) is 16.1. The summed E-state index contributed by atoms with van der Waals surface area (Å²) in [5, 5.41) is 4.36. The largest absolute Gasteiger partial charge is 0.352 e. The van der Waals surface area contributed by atoms with Crippen LogP contribution in [0.3, 0.4) is 0 Å². The molecule has 0 spiro atoms. The van der Waals surface area contributed by atoms with Crippen LogP contribution in [0.15, 0.2) is 30.5 Å². The molecule has 2 fully saturated rings. The van der Waals surface area contributed by atoms with Gasteiger partial charge in [-0.1, -0.05) is 6.42 Å². The molecule has 4 heteroatoms. The molecule has 1 aromatic carbocycles. The summed E-state index contributed by atoms with van der Waals surface area (Å²) >= 11 is 0. The van der Waals surface area contributed by atoms with Gasteiger partial charge >= 0.3 is 0 Å².